The summed E-state index contributed by atoms with van der Waals surface area (Å²) in [5, 5.41) is 1.91. The van der Waals surface area contributed by atoms with Crippen LogP contribution in [0.4, 0.5) is 0 Å². The second-order valence-electron chi connectivity index (χ2n) is 5.57. The normalized spacial score (nSPS) is 18.9. The number of piperidine rings is 1. The predicted molar refractivity (Wildman–Crippen MR) is 85.2 cm³/mol. The lowest BCUT2D eigenvalue weighted by Gasteiger charge is -2.30. The molecular weight excluding hydrogens is 282 g/mol. The zero-order valence-corrected chi connectivity index (χ0v) is 13.0. The lowest BCUT2D eigenvalue weighted by molar-refractivity contribution is -0.130. The fourth-order valence-electron chi connectivity index (χ4n) is 2.73. The van der Waals surface area contributed by atoms with Crippen molar-refractivity contribution in [2.75, 3.05) is 18.8 Å². The maximum atomic E-state index is 12.3. The lowest BCUT2D eigenvalue weighted by atomic mass is 10.0. The summed E-state index contributed by atoms with van der Waals surface area (Å²) in [6.45, 7) is 4.00. The highest BCUT2D eigenvalue weighted by Gasteiger charge is 2.21. The number of hydrogen-bond donors (Lipinski definition) is 0. The average molecular weight is 301 g/mol. The first kappa shape index (κ1) is 14.3. The van der Waals surface area contributed by atoms with Crippen LogP contribution in [-0.4, -0.2) is 39.6 Å². The van der Waals surface area contributed by atoms with Crippen LogP contribution in [0.15, 0.2) is 35.6 Å². The largest absolute Gasteiger partial charge is 0.342 e. The maximum absolute atomic E-state index is 12.3. The Morgan fingerprint density at radius 2 is 2.24 bits per heavy atom. The van der Waals surface area contributed by atoms with Crippen LogP contribution in [0.5, 0.6) is 0 Å². The van der Waals surface area contributed by atoms with E-state index in [1.807, 2.05) is 29.2 Å². The van der Waals surface area contributed by atoms with Gasteiger partial charge in [0.25, 0.3) is 0 Å². The molecule has 0 aliphatic carbocycles. The molecule has 5 heteroatoms. The van der Waals surface area contributed by atoms with Crippen LogP contribution in [-0.2, 0) is 4.79 Å². The van der Waals surface area contributed by atoms with Gasteiger partial charge in [-0.3, -0.25) is 4.79 Å². The summed E-state index contributed by atoms with van der Waals surface area (Å²) >= 11 is 1.51. The lowest BCUT2D eigenvalue weighted by Crippen LogP contribution is -2.40. The zero-order chi connectivity index (χ0) is 14.7. The van der Waals surface area contributed by atoms with Crippen LogP contribution in [0.3, 0.4) is 0 Å². The Morgan fingerprint density at radius 1 is 1.38 bits per heavy atom. The fraction of sp³-hybridized carbons (Fsp3) is 0.438. The number of thioether (sulfide) groups is 1. The molecule has 3 rings (SSSR count). The van der Waals surface area contributed by atoms with Crippen molar-refractivity contribution < 1.29 is 4.79 Å². The summed E-state index contributed by atoms with van der Waals surface area (Å²) in [6.07, 6.45) is 3.92. The van der Waals surface area contributed by atoms with Crippen LogP contribution in [0, 0.1) is 5.92 Å². The minimum absolute atomic E-state index is 0.217. The van der Waals surface area contributed by atoms with Crippen molar-refractivity contribution in [2.45, 2.75) is 24.8 Å². The number of aromatic nitrogens is 2. The molecule has 1 aliphatic rings. The first-order valence-corrected chi connectivity index (χ1v) is 8.33. The Labute approximate surface area is 129 Å². The first-order chi connectivity index (χ1) is 10.2. The molecule has 0 unspecified atom stereocenters. The van der Waals surface area contributed by atoms with Gasteiger partial charge in [-0.2, -0.15) is 0 Å². The van der Waals surface area contributed by atoms with Crippen molar-refractivity contribution in [2.24, 2.45) is 5.92 Å². The number of carbonyl (C=O) groups is 1. The molecule has 1 amide bonds. The Bertz CT molecular complexity index is 641. The van der Waals surface area contributed by atoms with Crippen LogP contribution < -0.4 is 0 Å². The summed E-state index contributed by atoms with van der Waals surface area (Å²) in [4.78, 5) is 22.9. The van der Waals surface area contributed by atoms with E-state index in [0.29, 0.717) is 11.7 Å². The predicted octanol–water partition coefficient (Wildman–Crippen LogP) is 2.98. The molecule has 1 saturated heterocycles. The summed E-state index contributed by atoms with van der Waals surface area (Å²) in [7, 11) is 0. The molecule has 1 atom stereocenters. The fourth-order valence-corrected chi connectivity index (χ4v) is 3.62. The van der Waals surface area contributed by atoms with Crippen molar-refractivity contribution in [1.82, 2.24) is 14.9 Å². The quantitative estimate of drug-likeness (QED) is 0.646. The van der Waals surface area contributed by atoms with E-state index in [-0.39, 0.29) is 5.91 Å². The van der Waals surface area contributed by atoms with Crippen molar-refractivity contribution in [3.05, 3.63) is 30.6 Å². The van der Waals surface area contributed by atoms with Crippen molar-refractivity contribution in [3.63, 3.8) is 0 Å². The number of benzene rings is 1. The van der Waals surface area contributed by atoms with E-state index in [1.165, 1.54) is 18.2 Å². The minimum atomic E-state index is 0.217. The number of rotatable bonds is 3. The summed E-state index contributed by atoms with van der Waals surface area (Å²) in [5.74, 6) is 1.29. The van der Waals surface area contributed by atoms with E-state index < -0.39 is 0 Å². The molecule has 110 valence electrons. The van der Waals surface area contributed by atoms with Crippen LogP contribution in [0.2, 0.25) is 0 Å². The first-order valence-electron chi connectivity index (χ1n) is 7.34. The van der Waals surface area contributed by atoms with Gasteiger partial charge in [-0.25, -0.2) is 9.97 Å². The summed E-state index contributed by atoms with van der Waals surface area (Å²) in [5.41, 5.74) is 0.925. The molecule has 2 aromatic rings. The highest BCUT2D eigenvalue weighted by Crippen LogP contribution is 2.25. The van der Waals surface area contributed by atoms with E-state index >= 15 is 0 Å². The van der Waals surface area contributed by atoms with Gasteiger partial charge in [0.05, 0.1) is 11.3 Å². The van der Waals surface area contributed by atoms with Gasteiger partial charge in [-0.15, -0.1) is 0 Å². The van der Waals surface area contributed by atoms with Gasteiger partial charge in [0.15, 0.2) is 0 Å². The molecule has 2 heterocycles. The Balaban J connectivity index is 1.67. The molecule has 0 radical (unpaired) electrons. The third-order valence-electron chi connectivity index (χ3n) is 3.85. The summed E-state index contributed by atoms with van der Waals surface area (Å²) in [6, 6.07) is 7.91. The van der Waals surface area contributed by atoms with Gasteiger partial charge in [0.2, 0.25) is 5.91 Å². The van der Waals surface area contributed by atoms with Gasteiger partial charge in [-0.1, -0.05) is 36.9 Å². The number of carbonyl (C=O) groups excluding carboxylic acids is 1. The topological polar surface area (TPSA) is 46.1 Å². The number of hydrogen-bond acceptors (Lipinski definition) is 4. The second kappa shape index (κ2) is 6.43. The third-order valence-corrected chi connectivity index (χ3v) is 4.84. The third kappa shape index (κ3) is 3.35. The van der Waals surface area contributed by atoms with Crippen LogP contribution in [0.25, 0.3) is 10.9 Å². The van der Waals surface area contributed by atoms with E-state index in [9.17, 15) is 4.79 Å². The minimum Gasteiger partial charge on any atom is -0.342 e. The Hall–Kier alpha value is -1.62. The zero-order valence-electron chi connectivity index (χ0n) is 12.2. The molecule has 0 bridgehead atoms. The van der Waals surface area contributed by atoms with Gasteiger partial charge < -0.3 is 4.90 Å². The number of para-hydroxylation sites is 1. The molecule has 1 aromatic carbocycles. The van der Waals surface area contributed by atoms with Crippen molar-refractivity contribution in [1.29, 1.82) is 0 Å². The SMILES string of the molecule is C[C@@H]1CCCN(C(=O)CSc2ncnc3ccccc23)C1. The number of amides is 1. The Morgan fingerprint density at radius 3 is 3.10 bits per heavy atom. The molecule has 0 saturated carbocycles. The highest BCUT2D eigenvalue weighted by molar-refractivity contribution is 8.00. The van der Waals surface area contributed by atoms with Gasteiger partial charge in [-0.05, 0) is 24.8 Å². The smallest absolute Gasteiger partial charge is 0.232 e. The highest BCUT2D eigenvalue weighted by atomic mass is 32.2. The molecular formula is C16H19N3OS. The summed E-state index contributed by atoms with van der Waals surface area (Å²) < 4.78 is 0. The van der Waals surface area contributed by atoms with Gasteiger partial charge in [0.1, 0.15) is 11.4 Å². The Kier molecular flexibility index (Phi) is 4.39. The van der Waals surface area contributed by atoms with Crippen molar-refractivity contribution in [3.8, 4) is 0 Å². The molecule has 1 aliphatic heterocycles. The standard InChI is InChI=1S/C16H19N3OS/c1-12-5-4-8-19(9-12)15(20)10-21-16-13-6-2-3-7-14(13)17-11-18-16/h2-3,6-7,11-12H,4-5,8-10H2,1H3/t12-/m1/s1. The number of fused-ring (bicyclic) bond motifs is 1. The molecule has 0 spiro atoms. The van der Waals surface area contributed by atoms with Crippen LogP contribution >= 0.6 is 11.8 Å². The van der Waals surface area contributed by atoms with E-state index in [1.54, 1.807) is 6.33 Å². The van der Waals surface area contributed by atoms with Gasteiger partial charge >= 0.3 is 0 Å². The van der Waals surface area contributed by atoms with Gasteiger partial charge in [0, 0.05) is 18.5 Å². The molecule has 4 nitrogen and oxygen atoms in total. The number of nitrogens with zero attached hydrogens (tertiary/aromatic N) is 3. The van der Waals surface area contributed by atoms with E-state index in [4.69, 9.17) is 0 Å². The molecule has 1 aromatic heterocycles. The average Bonchev–Trinajstić information content (AvgIpc) is 2.52. The van der Waals surface area contributed by atoms with Crippen molar-refractivity contribution >= 4 is 28.6 Å². The van der Waals surface area contributed by atoms with E-state index in [0.717, 1.165) is 35.4 Å². The van der Waals surface area contributed by atoms with E-state index in [2.05, 4.69) is 16.9 Å². The molecule has 1 fully saturated rings. The molecule has 0 N–H and O–H groups in total. The second-order valence-corrected chi connectivity index (χ2v) is 6.54. The maximum Gasteiger partial charge on any atom is 0.232 e. The molecule has 21 heavy (non-hydrogen) atoms. The number of likely N-dealkylation sites (tertiary alicyclic amines) is 1. The monoisotopic (exact) mass is 301 g/mol. The van der Waals surface area contributed by atoms with Crippen LogP contribution in [0.1, 0.15) is 19.8 Å².